The third-order valence-electron chi connectivity index (χ3n) is 4.77. The lowest BCUT2D eigenvalue weighted by atomic mass is 9.95. The van der Waals surface area contributed by atoms with E-state index in [9.17, 15) is 19.5 Å². The van der Waals surface area contributed by atoms with Crippen LogP contribution in [0.15, 0.2) is 59.9 Å². The highest BCUT2D eigenvalue weighted by molar-refractivity contribution is 6.16. The zero-order valence-corrected chi connectivity index (χ0v) is 16.1. The molecule has 2 N–H and O–H groups in total. The highest BCUT2D eigenvalue weighted by Gasteiger charge is 2.43. The molecule has 1 heterocycles. The van der Waals surface area contributed by atoms with Crippen LogP contribution in [0.1, 0.15) is 31.0 Å². The molecule has 0 spiro atoms. The van der Waals surface area contributed by atoms with Gasteiger partial charge >= 0.3 is 5.97 Å². The largest absolute Gasteiger partial charge is 0.503 e. The van der Waals surface area contributed by atoms with Crippen molar-refractivity contribution in [2.75, 3.05) is 11.5 Å². The number of aliphatic hydroxyl groups is 1. The molecule has 0 aromatic heterocycles. The Morgan fingerprint density at radius 1 is 1.07 bits per heavy atom. The number of carboxylic acid groups (broad SMARTS) is 1. The third kappa shape index (κ3) is 3.99. The first kappa shape index (κ1) is 20.1. The summed E-state index contributed by atoms with van der Waals surface area (Å²) in [5, 5.41) is 19.1. The Bertz CT molecular complexity index is 975. The van der Waals surface area contributed by atoms with Crippen molar-refractivity contribution in [2.45, 2.75) is 26.3 Å². The molecule has 2 aromatic carbocycles. The van der Waals surface area contributed by atoms with E-state index in [0.717, 1.165) is 12.0 Å². The zero-order chi connectivity index (χ0) is 21.1. The van der Waals surface area contributed by atoms with Crippen LogP contribution in [-0.2, 0) is 20.8 Å². The monoisotopic (exact) mass is 395 g/mol. The maximum atomic E-state index is 12.8. The number of benzene rings is 2. The van der Waals surface area contributed by atoms with Crippen LogP contribution in [0.4, 0.5) is 5.69 Å². The standard InChI is InChI=1S/C22H21NO6/c1-3-14-4-6-15(7-5-14)20-19(13(2)24)21(27)22(28)23(20)16-8-10-17(11-9-16)29-12-18(25)26/h4-11,20,27H,3,12H2,1-2H3,(H,25,26)/t20-/m0/s1. The summed E-state index contributed by atoms with van der Waals surface area (Å²) in [5.74, 6) is -2.38. The summed E-state index contributed by atoms with van der Waals surface area (Å²) in [6, 6.07) is 13.0. The van der Waals surface area contributed by atoms with Crippen LogP contribution in [0, 0.1) is 0 Å². The molecule has 1 aliphatic heterocycles. The predicted molar refractivity (Wildman–Crippen MR) is 106 cm³/mol. The predicted octanol–water partition coefficient (Wildman–Crippen LogP) is 3.20. The molecule has 0 fully saturated rings. The molecule has 1 amide bonds. The fraction of sp³-hybridized carbons (Fsp3) is 0.227. The second-order valence-electron chi connectivity index (χ2n) is 6.67. The number of aliphatic hydroxyl groups excluding tert-OH is 1. The highest BCUT2D eigenvalue weighted by atomic mass is 16.5. The van der Waals surface area contributed by atoms with Crippen molar-refractivity contribution in [3.63, 3.8) is 0 Å². The summed E-state index contributed by atoms with van der Waals surface area (Å²) in [7, 11) is 0. The second kappa shape index (κ2) is 8.18. The van der Waals surface area contributed by atoms with Crippen LogP contribution < -0.4 is 9.64 Å². The topological polar surface area (TPSA) is 104 Å². The van der Waals surface area contributed by atoms with Gasteiger partial charge in [0.1, 0.15) is 5.75 Å². The van der Waals surface area contributed by atoms with Gasteiger partial charge in [-0.3, -0.25) is 14.5 Å². The number of anilines is 1. The minimum Gasteiger partial charge on any atom is -0.503 e. The lowest BCUT2D eigenvalue weighted by Crippen LogP contribution is -2.30. The number of carbonyl (C=O) groups excluding carboxylic acids is 2. The molecule has 0 radical (unpaired) electrons. The molecule has 0 saturated carbocycles. The first-order valence-corrected chi connectivity index (χ1v) is 9.14. The van der Waals surface area contributed by atoms with E-state index in [0.29, 0.717) is 17.0 Å². The molecule has 1 atom stereocenters. The first-order valence-electron chi connectivity index (χ1n) is 9.14. The lowest BCUT2D eigenvalue weighted by Gasteiger charge is -2.27. The van der Waals surface area contributed by atoms with Crippen molar-refractivity contribution in [1.82, 2.24) is 0 Å². The van der Waals surface area contributed by atoms with Gasteiger partial charge in [0.05, 0.1) is 11.6 Å². The van der Waals surface area contributed by atoms with Gasteiger partial charge in [0.25, 0.3) is 5.91 Å². The molecule has 0 aliphatic carbocycles. The minimum atomic E-state index is -1.10. The zero-order valence-electron chi connectivity index (χ0n) is 16.1. The number of amides is 1. The second-order valence-corrected chi connectivity index (χ2v) is 6.67. The molecule has 150 valence electrons. The van der Waals surface area contributed by atoms with Gasteiger partial charge in [-0.1, -0.05) is 31.2 Å². The summed E-state index contributed by atoms with van der Waals surface area (Å²) in [4.78, 5) is 37.0. The molecule has 1 aliphatic rings. The SMILES string of the molecule is CCc1ccc([C@H]2C(C(C)=O)=C(O)C(=O)N2c2ccc(OCC(=O)O)cc2)cc1. The number of carbonyl (C=O) groups is 3. The highest BCUT2D eigenvalue weighted by Crippen LogP contribution is 2.41. The number of hydrogen-bond acceptors (Lipinski definition) is 5. The van der Waals surface area contributed by atoms with Crippen molar-refractivity contribution >= 4 is 23.3 Å². The minimum absolute atomic E-state index is 0.0467. The molecule has 29 heavy (non-hydrogen) atoms. The quantitative estimate of drug-likeness (QED) is 0.746. The maximum absolute atomic E-state index is 12.8. The van der Waals surface area contributed by atoms with Gasteiger partial charge in [-0.15, -0.1) is 0 Å². The van der Waals surface area contributed by atoms with Crippen LogP contribution in [0.25, 0.3) is 0 Å². The van der Waals surface area contributed by atoms with Gasteiger partial charge in [-0.25, -0.2) is 4.79 Å². The number of rotatable bonds is 7. The number of aliphatic carboxylic acids is 1. The number of carboxylic acids is 1. The van der Waals surface area contributed by atoms with Gasteiger partial charge < -0.3 is 14.9 Å². The van der Waals surface area contributed by atoms with Crippen LogP contribution in [0.2, 0.25) is 0 Å². The van der Waals surface area contributed by atoms with Gasteiger partial charge in [-0.05, 0) is 48.7 Å². The van der Waals surface area contributed by atoms with Gasteiger partial charge in [0.2, 0.25) is 0 Å². The fourth-order valence-corrected chi connectivity index (χ4v) is 3.33. The molecule has 0 saturated heterocycles. The van der Waals surface area contributed by atoms with Gasteiger partial charge in [0, 0.05) is 5.69 Å². The number of nitrogens with zero attached hydrogens (tertiary/aromatic N) is 1. The summed E-state index contributed by atoms with van der Waals surface area (Å²) in [6.07, 6.45) is 0.853. The normalized spacial score (nSPS) is 16.3. The van der Waals surface area contributed by atoms with Crippen molar-refractivity contribution < 1.29 is 29.3 Å². The molecule has 7 nitrogen and oxygen atoms in total. The van der Waals surface area contributed by atoms with Crippen LogP contribution in [0.5, 0.6) is 5.75 Å². The summed E-state index contributed by atoms with van der Waals surface area (Å²) < 4.78 is 5.11. The Labute approximate surface area is 167 Å². The lowest BCUT2D eigenvalue weighted by molar-refractivity contribution is -0.139. The molecular weight excluding hydrogens is 374 g/mol. The Hall–Kier alpha value is -3.61. The number of ketones is 1. The maximum Gasteiger partial charge on any atom is 0.341 e. The third-order valence-corrected chi connectivity index (χ3v) is 4.77. The number of aryl methyl sites for hydroxylation is 1. The smallest absolute Gasteiger partial charge is 0.341 e. The van der Waals surface area contributed by atoms with Crippen molar-refractivity contribution in [2.24, 2.45) is 0 Å². The summed E-state index contributed by atoms with van der Waals surface area (Å²) >= 11 is 0. The first-order chi connectivity index (χ1) is 13.8. The van der Waals surface area contributed by atoms with Crippen molar-refractivity contribution in [3.8, 4) is 5.75 Å². The van der Waals surface area contributed by atoms with Gasteiger partial charge in [0.15, 0.2) is 18.1 Å². The fourth-order valence-electron chi connectivity index (χ4n) is 3.33. The van der Waals surface area contributed by atoms with Crippen LogP contribution in [-0.4, -0.2) is 34.5 Å². The Morgan fingerprint density at radius 2 is 1.69 bits per heavy atom. The number of ether oxygens (including phenoxy) is 1. The van der Waals surface area contributed by atoms with Crippen molar-refractivity contribution in [1.29, 1.82) is 0 Å². The molecule has 0 unspecified atom stereocenters. The van der Waals surface area contributed by atoms with E-state index in [-0.39, 0.29) is 11.4 Å². The van der Waals surface area contributed by atoms with E-state index < -0.39 is 30.3 Å². The van der Waals surface area contributed by atoms with Crippen LogP contribution in [0.3, 0.4) is 0 Å². The van der Waals surface area contributed by atoms with E-state index in [2.05, 4.69) is 0 Å². The molecule has 0 bridgehead atoms. The van der Waals surface area contributed by atoms with Crippen molar-refractivity contribution in [3.05, 3.63) is 71.0 Å². The molecule has 3 rings (SSSR count). The summed E-state index contributed by atoms with van der Waals surface area (Å²) in [6.45, 7) is 2.87. The summed E-state index contributed by atoms with van der Waals surface area (Å²) in [5.41, 5.74) is 2.31. The molecular formula is C22H21NO6. The molecule has 2 aromatic rings. The van der Waals surface area contributed by atoms with E-state index in [1.165, 1.54) is 24.0 Å². The van der Waals surface area contributed by atoms with E-state index in [4.69, 9.17) is 9.84 Å². The molecule has 7 heteroatoms. The van der Waals surface area contributed by atoms with Crippen LogP contribution >= 0.6 is 0 Å². The number of hydrogen-bond donors (Lipinski definition) is 2. The number of Topliss-reactive ketones (excluding diaryl/α,β-unsaturated/α-hetero) is 1. The Balaban J connectivity index is 2.00. The van der Waals surface area contributed by atoms with Gasteiger partial charge in [-0.2, -0.15) is 0 Å². The average Bonchev–Trinajstić information content (AvgIpc) is 2.98. The van der Waals surface area contributed by atoms with E-state index >= 15 is 0 Å². The van der Waals surface area contributed by atoms with E-state index in [1.54, 1.807) is 12.1 Å². The Kier molecular flexibility index (Phi) is 5.68. The Morgan fingerprint density at radius 3 is 2.21 bits per heavy atom. The van der Waals surface area contributed by atoms with E-state index in [1.807, 2.05) is 31.2 Å². The average molecular weight is 395 g/mol.